The van der Waals surface area contributed by atoms with Crippen LogP contribution in [0.15, 0.2) is 24.3 Å². The maximum absolute atomic E-state index is 11.5. The number of nitrogens with two attached hydrogens (primary N) is 1. The van der Waals surface area contributed by atoms with Crippen molar-refractivity contribution in [1.29, 1.82) is 0 Å². The van der Waals surface area contributed by atoms with Crippen molar-refractivity contribution in [2.24, 2.45) is 5.73 Å². The van der Waals surface area contributed by atoms with Crippen LogP contribution < -0.4 is 11.1 Å². The molecule has 1 amide bonds. The van der Waals surface area contributed by atoms with E-state index in [0.29, 0.717) is 12.1 Å². The summed E-state index contributed by atoms with van der Waals surface area (Å²) >= 11 is 0. The Hall–Kier alpha value is -1.06. The molecule has 0 radical (unpaired) electrons. The van der Waals surface area contributed by atoms with E-state index in [1.165, 1.54) is 0 Å². The van der Waals surface area contributed by atoms with E-state index in [1.807, 2.05) is 38.1 Å². The van der Waals surface area contributed by atoms with Gasteiger partial charge >= 0.3 is 0 Å². The monoisotopic (exact) mass is 242 g/mol. The molecule has 0 spiro atoms. The third kappa shape index (κ3) is 4.21. The number of benzene rings is 1. The van der Waals surface area contributed by atoms with Gasteiger partial charge in [0.2, 0.25) is 0 Å². The molecule has 0 heterocycles. The van der Waals surface area contributed by atoms with E-state index >= 15 is 0 Å². The number of carbonyl (C=O) groups is 1. The molecular weight excluding hydrogens is 224 g/mol. The van der Waals surface area contributed by atoms with Gasteiger partial charge in [-0.25, -0.2) is 0 Å². The van der Waals surface area contributed by atoms with Crippen LogP contribution >= 0.6 is 12.4 Å². The molecule has 1 aromatic carbocycles. The van der Waals surface area contributed by atoms with Crippen molar-refractivity contribution in [3.05, 3.63) is 35.4 Å². The van der Waals surface area contributed by atoms with Crippen molar-refractivity contribution >= 4 is 18.3 Å². The first kappa shape index (κ1) is 14.9. The highest BCUT2D eigenvalue weighted by Gasteiger charge is 2.05. The van der Waals surface area contributed by atoms with Gasteiger partial charge in [0, 0.05) is 18.2 Å². The fraction of sp³-hybridized carbons (Fsp3) is 0.417. The molecule has 90 valence electrons. The molecule has 0 aromatic heterocycles. The predicted octanol–water partition coefficient (Wildman–Crippen LogP) is 2.27. The summed E-state index contributed by atoms with van der Waals surface area (Å²) in [4.78, 5) is 11.5. The first-order valence-corrected chi connectivity index (χ1v) is 5.29. The minimum atomic E-state index is -0.0203. The third-order valence-corrected chi connectivity index (χ3v) is 2.23. The number of carbonyl (C=O) groups excluding carboxylic acids is 1. The van der Waals surface area contributed by atoms with E-state index in [9.17, 15) is 4.79 Å². The Labute approximate surface area is 103 Å². The topological polar surface area (TPSA) is 55.1 Å². The molecule has 0 fully saturated rings. The van der Waals surface area contributed by atoms with Gasteiger partial charge in [0.25, 0.3) is 5.91 Å². The minimum absolute atomic E-state index is 0. The fourth-order valence-corrected chi connectivity index (χ4v) is 1.28. The van der Waals surface area contributed by atoms with Crippen molar-refractivity contribution < 1.29 is 4.79 Å². The molecule has 1 aromatic rings. The Balaban J connectivity index is 0.00000225. The van der Waals surface area contributed by atoms with Crippen LogP contribution in [-0.2, 0) is 0 Å². The molecule has 0 aliphatic rings. The van der Waals surface area contributed by atoms with E-state index < -0.39 is 0 Å². The lowest BCUT2D eigenvalue weighted by Gasteiger charge is -2.07. The Morgan fingerprint density at radius 2 is 1.94 bits per heavy atom. The van der Waals surface area contributed by atoms with Crippen molar-refractivity contribution in [2.45, 2.75) is 26.3 Å². The normalized spacial score (nSPS) is 11.4. The number of halogens is 1. The van der Waals surface area contributed by atoms with E-state index in [2.05, 4.69) is 5.32 Å². The van der Waals surface area contributed by atoms with E-state index in [0.717, 1.165) is 12.0 Å². The van der Waals surface area contributed by atoms with Crippen molar-refractivity contribution in [1.82, 2.24) is 5.32 Å². The van der Waals surface area contributed by atoms with Gasteiger partial charge < -0.3 is 11.1 Å². The van der Waals surface area contributed by atoms with Gasteiger partial charge in [0.05, 0.1) is 0 Å². The summed E-state index contributed by atoms with van der Waals surface area (Å²) in [5.41, 5.74) is 7.45. The lowest BCUT2D eigenvalue weighted by molar-refractivity contribution is 0.0953. The van der Waals surface area contributed by atoms with Crippen LogP contribution in [0.3, 0.4) is 0 Å². The Kier molecular flexibility index (Phi) is 6.77. The third-order valence-electron chi connectivity index (χ3n) is 2.23. The number of hydrogen-bond acceptors (Lipinski definition) is 2. The molecule has 0 saturated carbocycles. The van der Waals surface area contributed by atoms with Gasteiger partial charge in [0.1, 0.15) is 0 Å². The van der Waals surface area contributed by atoms with Crippen LogP contribution in [-0.4, -0.2) is 12.5 Å². The molecule has 4 heteroatoms. The van der Waals surface area contributed by atoms with Gasteiger partial charge in [0.15, 0.2) is 0 Å². The summed E-state index contributed by atoms with van der Waals surface area (Å²) in [5, 5.41) is 2.83. The maximum atomic E-state index is 11.5. The molecule has 16 heavy (non-hydrogen) atoms. The van der Waals surface area contributed by atoms with E-state index in [1.54, 1.807) is 0 Å². The molecular formula is C12H19ClN2O. The Morgan fingerprint density at radius 3 is 2.38 bits per heavy atom. The minimum Gasteiger partial charge on any atom is -0.352 e. The zero-order chi connectivity index (χ0) is 11.3. The number of rotatable bonds is 4. The molecule has 0 bridgehead atoms. The highest BCUT2D eigenvalue weighted by molar-refractivity contribution is 5.94. The first-order valence-electron chi connectivity index (χ1n) is 5.29. The second kappa shape index (κ2) is 7.25. The van der Waals surface area contributed by atoms with Gasteiger partial charge in [-0.1, -0.05) is 19.1 Å². The van der Waals surface area contributed by atoms with Crippen LogP contribution in [0.5, 0.6) is 0 Å². The Bertz CT molecular complexity index is 322. The van der Waals surface area contributed by atoms with Crippen molar-refractivity contribution in [2.75, 3.05) is 6.54 Å². The standard InChI is InChI=1S/C12H18N2O.ClH/c1-3-8-14-12(15)11-6-4-10(5-7-11)9(2)13;/h4-7,9H,3,8,13H2,1-2H3,(H,14,15);1H/t9-;/m0./s1. The largest absolute Gasteiger partial charge is 0.352 e. The molecule has 0 aliphatic carbocycles. The lowest BCUT2D eigenvalue weighted by Crippen LogP contribution is -2.23. The number of hydrogen-bond donors (Lipinski definition) is 2. The van der Waals surface area contributed by atoms with Crippen LogP contribution in [0.4, 0.5) is 0 Å². The lowest BCUT2D eigenvalue weighted by atomic mass is 10.1. The number of nitrogens with one attached hydrogen (secondary N) is 1. The zero-order valence-electron chi connectivity index (χ0n) is 9.69. The molecule has 1 rings (SSSR count). The fourth-order valence-electron chi connectivity index (χ4n) is 1.28. The summed E-state index contributed by atoms with van der Waals surface area (Å²) in [5.74, 6) is -0.0203. The Morgan fingerprint density at radius 1 is 1.38 bits per heavy atom. The molecule has 0 saturated heterocycles. The zero-order valence-corrected chi connectivity index (χ0v) is 10.5. The molecule has 0 aliphatic heterocycles. The molecule has 3 nitrogen and oxygen atoms in total. The average molecular weight is 243 g/mol. The van der Waals surface area contributed by atoms with Crippen LogP contribution in [0.1, 0.15) is 42.2 Å². The van der Waals surface area contributed by atoms with Crippen molar-refractivity contribution in [3.63, 3.8) is 0 Å². The SMILES string of the molecule is CCCNC(=O)c1ccc([C@H](C)N)cc1.Cl. The predicted molar refractivity (Wildman–Crippen MR) is 68.9 cm³/mol. The van der Waals surface area contributed by atoms with Gasteiger partial charge in [-0.2, -0.15) is 0 Å². The van der Waals surface area contributed by atoms with Crippen molar-refractivity contribution in [3.8, 4) is 0 Å². The van der Waals surface area contributed by atoms with Crippen LogP contribution in [0, 0.1) is 0 Å². The van der Waals surface area contributed by atoms with Crippen LogP contribution in [0.25, 0.3) is 0 Å². The summed E-state index contributed by atoms with van der Waals surface area (Å²) in [7, 11) is 0. The molecule has 3 N–H and O–H groups in total. The summed E-state index contributed by atoms with van der Waals surface area (Å²) < 4.78 is 0. The smallest absolute Gasteiger partial charge is 0.251 e. The highest BCUT2D eigenvalue weighted by Crippen LogP contribution is 2.10. The van der Waals surface area contributed by atoms with Gasteiger partial charge in [-0.3, -0.25) is 4.79 Å². The van der Waals surface area contributed by atoms with Gasteiger partial charge in [-0.15, -0.1) is 12.4 Å². The van der Waals surface area contributed by atoms with E-state index in [4.69, 9.17) is 5.73 Å². The van der Waals surface area contributed by atoms with E-state index in [-0.39, 0.29) is 24.4 Å². The first-order chi connectivity index (χ1) is 7.15. The molecule has 1 atom stereocenters. The summed E-state index contributed by atoms with van der Waals surface area (Å²) in [6.07, 6.45) is 0.948. The maximum Gasteiger partial charge on any atom is 0.251 e. The van der Waals surface area contributed by atoms with Crippen LogP contribution in [0.2, 0.25) is 0 Å². The average Bonchev–Trinajstić information content (AvgIpc) is 2.26. The summed E-state index contributed by atoms with van der Waals surface area (Å²) in [6.45, 7) is 4.67. The number of amides is 1. The summed E-state index contributed by atoms with van der Waals surface area (Å²) in [6, 6.07) is 7.42. The second-order valence-corrected chi connectivity index (χ2v) is 3.67. The highest BCUT2D eigenvalue weighted by atomic mass is 35.5. The second-order valence-electron chi connectivity index (χ2n) is 3.67. The molecule has 0 unspecified atom stereocenters. The quantitative estimate of drug-likeness (QED) is 0.851. The van der Waals surface area contributed by atoms with Gasteiger partial charge in [-0.05, 0) is 31.0 Å².